The fraction of sp³-hybridized carbons (Fsp3) is 0.423. The van der Waals surface area contributed by atoms with Gasteiger partial charge in [0.25, 0.3) is 0 Å². The maximum Gasteiger partial charge on any atom is 0.229 e. The van der Waals surface area contributed by atoms with E-state index in [2.05, 4.69) is 41.5 Å². The Morgan fingerprint density at radius 1 is 1.19 bits per heavy atom. The molecule has 0 fully saturated rings. The van der Waals surface area contributed by atoms with Crippen LogP contribution in [0.2, 0.25) is 0 Å². The highest BCUT2D eigenvalue weighted by molar-refractivity contribution is 5.92. The van der Waals surface area contributed by atoms with Crippen molar-refractivity contribution in [3.63, 3.8) is 0 Å². The Hall–Kier alpha value is -2.95. The average molecular weight is 420 g/mol. The van der Waals surface area contributed by atoms with Crippen molar-refractivity contribution in [2.45, 2.75) is 46.5 Å². The highest BCUT2D eigenvalue weighted by Gasteiger charge is 2.29. The summed E-state index contributed by atoms with van der Waals surface area (Å²) in [6, 6.07) is 11.8. The molecule has 1 N–H and O–H groups in total. The molecule has 5 nitrogen and oxygen atoms in total. The molecule has 1 aromatic heterocycles. The zero-order valence-electron chi connectivity index (χ0n) is 19.0. The van der Waals surface area contributed by atoms with Crippen molar-refractivity contribution in [2.24, 2.45) is 11.3 Å². The number of fused-ring (bicyclic) bond motifs is 1. The Labute approximate surface area is 185 Å². The lowest BCUT2D eigenvalue weighted by molar-refractivity contribution is -0.138. The van der Waals surface area contributed by atoms with E-state index in [1.165, 1.54) is 11.1 Å². The van der Waals surface area contributed by atoms with Crippen molar-refractivity contribution >= 4 is 23.7 Å². The molecule has 1 aliphatic rings. The summed E-state index contributed by atoms with van der Waals surface area (Å²) < 4.78 is 0. The molecule has 1 heterocycles. The first kappa shape index (κ1) is 22.7. The van der Waals surface area contributed by atoms with Gasteiger partial charge < -0.3 is 10.2 Å². The lowest BCUT2D eigenvalue weighted by Crippen LogP contribution is -2.38. The second-order valence-corrected chi connectivity index (χ2v) is 9.06. The van der Waals surface area contributed by atoms with E-state index in [1.807, 2.05) is 39.1 Å². The van der Waals surface area contributed by atoms with Crippen LogP contribution in [0.3, 0.4) is 0 Å². The molecule has 2 aromatic rings. The summed E-state index contributed by atoms with van der Waals surface area (Å²) in [5.41, 5.74) is 3.22. The highest BCUT2D eigenvalue weighted by atomic mass is 16.2. The van der Waals surface area contributed by atoms with Crippen LogP contribution in [0.1, 0.15) is 50.3 Å². The molecule has 3 rings (SSSR count). The largest absolute Gasteiger partial charge is 0.342 e. The summed E-state index contributed by atoms with van der Waals surface area (Å²) in [5, 5.41) is 2.91. The van der Waals surface area contributed by atoms with Gasteiger partial charge in [-0.2, -0.15) is 0 Å². The van der Waals surface area contributed by atoms with Crippen LogP contribution in [-0.4, -0.2) is 35.3 Å². The van der Waals surface area contributed by atoms with E-state index in [0.717, 1.165) is 31.2 Å². The second-order valence-electron chi connectivity index (χ2n) is 9.06. The number of rotatable bonds is 8. The van der Waals surface area contributed by atoms with Gasteiger partial charge in [0.05, 0.1) is 0 Å². The van der Waals surface area contributed by atoms with Gasteiger partial charge in [0.2, 0.25) is 11.8 Å². The predicted octanol–water partition coefficient (Wildman–Crippen LogP) is 4.73. The molecule has 0 spiro atoms. The Morgan fingerprint density at radius 2 is 1.97 bits per heavy atom. The third kappa shape index (κ3) is 5.81. The third-order valence-corrected chi connectivity index (χ3v) is 5.94. The van der Waals surface area contributed by atoms with Gasteiger partial charge in [-0.25, -0.2) is 4.98 Å². The van der Waals surface area contributed by atoms with Crippen molar-refractivity contribution in [3.8, 4) is 0 Å². The number of hydrogen-bond acceptors (Lipinski definition) is 3. The fourth-order valence-electron chi connectivity index (χ4n) is 4.27. The molecule has 31 heavy (non-hydrogen) atoms. The summed E-state index contributed by atoms with van der Waals surface area (Å²) in [4.78, 5) is 31.2. The van der Waals surface area contributed by atoms with Crippen molar-refractivity contribution in [1.82, 2.24) is 9.88 Å². The van der Waals surface area contributed by atoms with E-state index >= 15 is 0 Å². The number of nitrogens with zero attached hydrogens (tertiary/aromatic N) is 2. The number of anilines is 1. The minimum Gasteiger partial charge on any atom is -0.342 e. The number of carbonyl (C=O) groups excluding carboxylic acids is 2. The lowest BCUT2D eigenvalue weighted by atomic mass is 9.86. The third-order valence-electron chi connectivity index (χ3n) is 5.94. The van der Waals surface area contributed by atoms with Gasteiger partial charge in [-0.1, -0.05) is 63.6 Å². The Kier molecular flexibility index (Phi) is 7.26. The molecule has 5 heteroatoms. The van der Waals surface area contributed by atoms with Gasteiger partial charge in [-0.05, 0) is 48.1 Å². The Morgan fingerprint density at radius 3 is 2.68 bits per heavy atom. The van der Waals surface area contributed by atoms with Crippen LogP contribution in [0.15, 0.2) is 48.7 Å². The maximum atomic E-state index is 12.6. The minimum absolute atomic E-state index is 0.0156. The topological polar surface area (TPSA) is 62.3 Å². The molecule has 2 amide bonds. The van der Waals surface area contributed by atoms with Gasteiger partial charge in [-0.15, -0.1) is 0 Å². The first-order valence-corrected chi connectivity index (χ1v) is 11.1. The predicted molar refractivity (Wildman–Crippen MR) is 126 cm³/mol. The first-order chi connectivity index (χ1) is 14.8. The van der Waals surface area contributed by atoms with Gasteiger partial charge in [0, 0.05) is 31.1 Å². The number of pyridine rings is 1. The monoisotopic (exact) mass is 419 g/mol. The molecule has 0 bridgehead atoms. The van der Waals surface area contributed by atoms with Gasteiger partial charge >= 0.3 is 0 Å². The summed E-state index contributed by atoms with van der Waals surface area (Å²) in [5.74, 6) is 0.713. The van der Waals surface area contributed by atoms with Crippen LogP contribution in [0.25, 0.3) is 6.08 Å². The van der Waals surface area contributed by atoms with Gasteiger partial charge in [0.1, 0.15) is 5.82 Å². The van der Waals surface area contributed by atoms with Crippen LogP contribution >= 0.6 is 0 Å². The van der Waals surface area contributed by atoms with Crippen LogP contribution < -0.4 is 5.32 Å². The maximum absolute atomic E-state index is 12.6. The number of amides is 2. The number of aromatic nitrogens is 1. The highest BCUT2D eigenvalue weighted by Crippen LogP contribution is 2.29. The van der Waals surface area contributed by atoms with Crippen LogP contribution in [0, 0.1) is 11.3 Å². The first-order valence-electron chi connectivity index (χ1n) is 11.1. The molecule has 1 atom stereocenters. The van der Waals surface area contributed by atoms with E-state index in [-0.39, 0.29) is 23.1 Å². The quantitative estimate of drug-likeness (QED) is 0.673. The Bertz CT molecular complexity index is 950. The summed E-state index contributed by atoms with van der Waals surface area (Å²) in [7, 11) is 1.86. The molecular weight excluding hydrogens is 386 g/mol. The molecule has 164 valence electrons. The van der Waals surface area contributed by atoms with Crippen LogP contribution in [-0.2, 0) is 22.4 Å². The van der Waals surface area contributed by atoms with Crippen molar-refractivity contribution in [3.05, 3.63) is 65.4 Å². The zero-order valence-corrected chi connectivity index (χ0v) is 19.0. The van der Waals surface area contributed by atoms with E-state index in [1.54, 1.807) is 17.2 Å². The number of likely N-dealkylation sites (N-methyl/N-ethyl adjacent to an activating group) is 1. The molecule has 0 radical (unpaired) electrons. The molecule has 0 saturated carbocycles. The standard InChI is InChI=1S/C26H33N3O2/c1-5-13-26(2,3)25(31)29(4)15-8-9-19-11-12-20-17-22(18-21(20)16-19)24(30)28-23-10-6-7-14-27-23/h6-12,14,16,22H,5,13,15,17-18H2,1-4H3,(H,27,28,30)/b9-8+/t22-/m1/s1. The normalized spacial score (nSPS) is 15.7. The molecular formula is C26H33N3O2. The van der Waals surface area contributed by atoms with Crippen molar-refractivity contribution in [1.29, 1.82) is 0 Å². The smallest absolute Gasteiger partial charge is 0.229 e. The zero-order chi connectivity index (χ0) is 22.4. The second kappa shape index (κ2) is 9.90. The number of hydrogen-bond donors (Lipinski definition) is 1. The Balaban J connectivity index is 1.57. The van der Waals surface area contributed by atoms with Crippen LogP contribution in [0.4, 0.5) is 5.82 Å². The van der Waals surface area contributed by atoms with Gasteiger partial charge in [0.15, 0.2) is 0 Å². The lowest BCUT2D eigenvalue weighted by Gasteiger charge is -2.28. The van der Waals surface area contributed by atoms with E-state index in [4.69, 9.17) is 0 Å². The number of benzene rings is 1. The minimum atomic E-state index is -0.324. The van der Waals surface area contributed by atoms with Crippen molar-refractivity contribution in [2.75, 3.05) is 18.9 Å². The molecule has 1 aliphatic carbocycles. The fourth-order valence-corrected chi connectivity index (χ4v) is 4.27. The SMILES string of the molecule is CCCC(C)(C)C(=O)N(C)C/C=C/c1ccc2c(c1)C[C@H](C(=O)Nc1ccccn1)C2. The van der Waals surface area contributed by atoms with Gasteiger partial charge in [-0.3, -0.25) is 9.59 Å². The molecule has 0 unspecified atom stereocenters. The molecule has 0 aliphatic heterocycles. The van der Waals surface area contributed by atoms with E-state index in [0.29, 0.717) is 12.4 Å². The average Bonchev–Trinajstić information content (AvgIpc) is 3.17. The summed E-state index contributed by atoms with van der Waals surface area (Å²) in [6.45, 7) is 6.72. The number of carbonyl (C=O) groups is 2. The molecule has 0 saturated heterocycles. The van der Waals surface area contributed by atoms with Crippen LogP contribution in [0.5, 0.6) is 0 Å². The molecule has 1 aromatic carbocycles. The van der Waals surface area contributed by atoms with Crippen molar-refractivity contribution < 1.29 is 9.59 Å². The summed E-state index contributed by atoms with van der Waals surface area (Å²) >= 11 is 0. The van der Waals surface area contributed by atoms with E-state index in [9.17, 15) is 9.59 Å². The van der Waals surface area contributed by atoms with E-state index < -0.39 is 0 Å². The number of nitrogens with one attached hydrogen (secondary N) is 1. The summed E-state index contributed by atoms with van der Waals surface area (Å²) in [6.07, 6.45) is 9.13.